The second-order valence-corrected chi connectivity index (χ2v) is 7.28. The first kappa shape index (κ1) is 16.1. The Morgan fingerprint density at radius 2 is 1.74 bits per heavy atom. The minimum atomic E-state index is -0.303. The van der Waals surface area contributed by atoms with Gasteiger partial charge in [-0.15, -0.1) is 0 Å². The third kappa shape index (κ3) is 2.70. The molecule has 2 heterocycles. The lowest BCUT2D eigenvalue weighted by molar-refractivity contribution is -0.118. The van der Waals surface area contributed by atoms with Crippen LogP contribution in [-0.2, 0) is 9.53 Å². The molecule has 5 nitrogen and oxygen atoms in total. The van der Waals surface area contributed by atoms with Gasteiger partial charge in [0.05, 0.1) is 6.42 Å². The van der Waals surface area contributed by atoms with Gasteiger partial charge < -0.3 is 15.0 Å². The lowest BCUT2D eigenvalue weighted by Gasteiger charge is -2.27. The molecule has 1 aliphatic carbocycles. The molecule has 0 unspecified atom stereocenters. The van der Waals surface area contributed by atoms with Crippen LogP contribution in [0.25, 0.3) is 11.1 Å². The van der Waals surface area contributed by atoms with Crippen LogP contribution in [0.5, 0.6) is 0 Å². The van der Waals surface area contributed by atoms with Crippen molar-refractivity contribution in [3.63, 3.8) is 0 Å². The fraction of sp³-hybridized carbons (Fsp3) is 0.273. The van der Waals surface area contributed by atoms with Crippen LogP contribution in [0.15, 0.2) is 59.8 Å². The van der Waals surface area contributed by atoms with Gasteiger partial charge >= 0.3 is 6.09 Å². The maximum atomic E-state index is 12.6. The van der Waals surface area contributed by atoms with Crippen LogP contribution in [0.3, 0.4) is 0 Å². The van der Waals surface area contributed by atoms with Crippen molar-refractivity contribution in [1.82, 2.24) is 10.2 Å². The summed E-state index contributed by atoms with van der Waals surface area (Å²) < 4.78 is 5.71. The molecule has 0 radical (unpaired) electrons. The lowest BCUT2D eigenvalue weighted by atomic mass is 9.98. The molecule has 2 aliphatic heterocycles. The largest absolute Gasteiger partial charge is 0.448 e. The molecular formula is C22H20N2O3. The molecule has 5 heteroatoms. The normalized spacial score (nSPS) is 18.1. The van der Waals surface area contributed by atoms with Crippen molar-refractivity contribution in [2.24, 2.45) is 0 Å². The summed E-state index contributed by atoms with van der Waals surface area (Å²) in [6.07, 6.45) is 0.774. The van der Waals surface area contributed by atoms with Gasteiger partial charge in [-0.25, -0.2) is 4.79 Å². The van der Waals surface area contributed by atoms with Gasteiger partial charge in [0.2, 0.25) is 5.91 Å². The summed E-state index contributed by atoms with van der Waals surface area (Å²) in [5.74, 6) is 0.0880. The number of benzene rings is 2. The maximum absolute atomic E-state index is 12.6. The topological polar surface area (TPSA) is 58.6 Å². The summed E-state index contributed by atoms with van der Waals surface area (Å²) in [5, 5.41) is 2.88. The van der Waals surface area contributed by atoms with Gasteiger partial charge in [0.1, 0.15) is 6.61 Å². The minimum absolute atomic E-state index is 0.0226. The van der Waals surface area contributed by atoms with Crippen molar-refractivity contribution < 1.29 is 14.3 Å². The number of hydrogen-bond acceptors (Lipinski definition) is 3. The van der Waals surface area contributed by atoms with E-state index in [4.69, 9.17) is 4.74 Å². The molecule has 5 rings (SSSR count). The van der Waals surface area contributed by atoms with E-state index in [-0.39, 0.29) is 17.9 Å². The van der Waals surface area contributed by atoms with Crippen LogP contribution < -0.4 is 5.32 Å². The molecule has 0 saturated carbocycles. The molecule has 1 N–H and O–H groups in total. The molecule has 0 spiro atoms. The Bertz CT molecular complexity index is 934. The summed E-state index contributed by atoms with van der Waals surface area (Å²) in [7, 11) is 0. The number of hydrogen-bond donors (Lipinski definition) is 1. The molecule has 0 saturated heterocycles. The summed E-state index contributed by atoms with van der Waals surface area (Å²) in [5.41, 5.74) is 6.86. The van der Waals surface area contributed by atoms with E-state index in [1.54, 1.807) is 4.90 Å². The molecule has 0 atom stereocenters. The smallest absolute Gasteiger partial charge is 0.410 e. The van der Waals surface area contributed by atoms with Crippen LogP contribution in [-0.4, -0.2) is 36.6 Å². The fourth-order valence-electron chi connectivity index (χ4n) is 4.39. The zero-order chi connectivity index (χ0) is 18.4. The average molecular weight is 360 g/mol. The van der Waals surface area contributed by atoms with Gasteiger partial charge in [0, 0.05) is 31.1 Å². The summed E-state index contributed by atoms with van der Waals surface area (Å²) >= 11 is 0. The zero-order valence-electron chi connectivity index (χ0n) is 14.9. The molecule has 0 fully saturated rings. The van der Waals surface area contributed by atoms with Crippen molar-refractivity contribution in [3.8, 4) is 11.1 Å². The van der Waals surface area contributed by atoms with E-state index in [0.717, 1.165) is 11.3 Å². The quantitative estimate of drug-likeness (QED) is 0.893. The summed E-state index contributed by atoms with van der Waals surface area (Å²) in [6.45, 7) is 1.38. The predicted octanol–water partition coefficient (Wildman–Crippen LogP) is 3.42. The number of nitrogens with one attached hydrogen (secondary N) is 1. The van der Waals surface area contributed by atoms with Gasteiger partial charge in [-0.3, -0.25) is 4.79 Å². The third-order valence-electron chi connectivity index (χ3n) is 5.70. The van der Waals surface area contributed by atoms with Crippen LogP contribution in [0.2, 0.25) is 0 Å². The van der Waals surface area contributed by atoms with Gasteiger partial charge in [0.25, 0.3) is 0 Å². The molecule has 27 heavy (non-hydrogen) atoms. The van der Waals surface area contributed by atoms with Crippen molar-refractivity contribution >= 4 is 12.0 Å². The van der Waals surface area contributed by atoms with Crippen molar-refractivity contribution in [1.29, 1.82) is 0 Å². The van der Waals surface area contributed by atoms with E-state index in [2.05, 4.69) is 29.6 Å². The number of nitrogens with zero attached hydrogens (tertiary/aromatic N) is 1. The molecule has 136 valence electrons. The highest BCUT2D eigenvalue weighted by Crippen LogP contribution is 2.44. The van der Waals surface area contributed by atoms with E-state index < -0.39 is 0 Å². The van der Waals surface area contributed by atoms with E-state index in [0.29, 0.717) is 32.5 Å². The first-order chi connectivity index (χ1) is 13.2. The first-order valence-electron chi connectivity index (χ1n) is 9.31. The Morgan fingerprint density at radius 3 is 2.44 bits per heavy atom. The Kier molecular flexibility index (Phi) is 3.74. The van der Waals surface area contributed by atoms with Crippen LogP contribution in [0, 0.1) is 0 Å². The first-order valence-corrected chi connectivity index (χ1v) is 9.31. The van der Waals surface area contributed by atoms with Crippen LogP contribution >= 0.6 is 0 Å². The summed E-state index contributed by atoms with van der Waals surface area (Å²) in [4.78, 5) is 25.9. The minimum Gasteiger partial charge on any atom is -0.448 e. The Labute approximate surface area is 157 Å². The molecule has 3 aliphatic rings. The molecule has 2 amide bonds. The van der Waals surface area contributed by atoms with Gasteiger partial charge in [-0.2, -0.15) is 0 Å². The SMILES string of the molecule is O=C1CC2=C(CCN(C(=O)OCC3c4ccccc4-c4ccccc43)C2)N1. The van der Waals surface area contributed by atoms with Crippen LogP contribution in [0.4, 0.5) is 4.79 Å². The van der Waals surface area contributed by atoms with Crippen LogP contribution in [0.1, 0.15) is 29.9 Å². The highest BCUT2D eigenvalue weighted by molar-refractivity contribution is 5.85. The van der Waals surface area contributed by atoms with E-state index >= 15 is 0 Å². The molecule has 2 aromatic carbocycles. The standard InChI is InChI=1S/C22H20N2O3/c25-21-11-14-12-24(10-9-20(14)23-21)22(26)27-13-19-17-7-3-1-5-15(17)16-6-2-4-8-18(16)19/h1-8,19H,9-13H2,(H,23,25). The summed E-state index contributed by atoms with van der Waals surface area (Å²) in [6, 6.07) is 16.6. The van der Waals surface area contributed by atoms with E-state index in [1.807, 2.05) is 24.3 Å². The van der Waals surface area contributed by atoms with E-state index in [1.165, 1.54) is 22.3 Å². The molecule has 0 bridgehead atoms. The van der Waals surface area contributed by atoms with E-state index in [9.17, 15) is 9.59 Å². The lowest BCUT2D eigenvalue weighted by Crippen LogP contribution is -2.38. The number of fused-ring (bicyclic) bond motifs is 3. The zero-order valence-corrected chi connectivity index (χ0v) is 14.9. The van der Waals surface area contributed by atoms with Crippen molar-refractivity contribution in [3.05, 3.63) is 70.9 Å². The van der Waals surface area contributed by atoms with Gasteiger partial charge in [-0.1, -0.05) is 48.5 Å². The second kappa shape index (κ2) is 6.27. The Balaban J connectivity index is 1.31. The molecule has 0 aromatic heterocycles. The highest BCUT2D eigenvalue weighted by atomic mass is 16.6. The number of ether oxygens (including phenoxy) is 1. The Hall–Kier alpha value is -3.08. The predicted molar refractivity (Wildman–Crippen MR) is 101 cm³/mol. The Morgan fingerprint density at radius 1 is 1.07 bits per heavy atom. The van der Waals surface area contributed by atoms with Gasteiger partial charge in [0.15, 0.2) is 0 Å². The third-order valence-corrected chi connectivity index (χ3v) is 5.70. The second-order valence-electron chi connectivity index (χ2n) is 7.28. The maximum Gasteiger partial charge on any atom is 0.410 e. The molecule has 2 aromatic rings. The van der Waals surface area contributed by atoms with Gasteiger partial charge in [-0.05, 0) is 27.8 Å². The number of carbonyl (C=O) groups is 2. The van der Waals surface area contributed by atoms with Crippen molar-refractivity contribution in [2.75, 3.05) is 19.7 Å². The number of amides is 2. The average Bonchev–Trinajstić information content (AvgIpc) is 3.22. The monoisotopic (exact) mass is 360 g/mol. The number of carbonyl (C=O) groups excluding carboxylic acids is 2. The fourth-order valence-corrected chi connectivity index (χ4v) is 4.39. The highest BCUT2D eigenvalue weighted by Gasteiger charge is 2.32. The molecular weight excluding hydrogens is 340 g/mol. The van der Waals surface area contributed by atoms with Crippen molar-refractivity contribution in [2.45, 2.75) is 18.8 Å². The number of rotatable bonds is 2.